The molecule has 9 heteroatoms. The van der Waals surface area contributed by atoms with Gasteiger partial charge in [-0.1, -0.05) is 24.3 Å². The first-order valence-electron chi connectivity index (χ1n) is 13.5. The number of nitrogens with zero attached hydrogens (tertiary/aromatic N) is 5. The Bertz CT molecular complexity index is 1570. The van der Waals surface area contributed by atoms with Gasteiger partial charge in [-0.05, 0) is 42.2 Å². The molecule has 8 nitrogen and oxygen atoms in total. The lowest BCUT2D eigenvalue weighted by Crippen LogP contribution is -2.57. The van der Waals surface area contributed by atoms with Gasteiger partial charge in [0.15, 0.2) is 5.82 Å². The molecule has 4 fully saturated rings. The summed E-state index contributed by atoms with van der Waals surface area (Å²) in [5.41, 5.74) is 1.17. The van der Waals surface area contributed by atoms with E-state index in [0.29, 0.717) is 29.0 Å². The summed E-state index contributed by atoms with van der Waals surface area (Å²) in [5, 5.41) is 16.4. The van der Waals surface area contributed by atoms with Crippen LogP contribution in [-0.4, -0.2) is 71.5 Å². The highest BCUT2D eigenvalue weighted by Gasteiger charge is 2.47. The zero-order valence-electron chi connectivity index (χ0n) is 21.0. The van der Waals surface area contributed by atoms with Gasteiger partial charge in [0, 0.05) is 62.0 Å². The molecule has 4 saturated heterocycles. The summed E-state index contributed by atoms with van der Waals surface area (Å²) < 4.78 is 22.1. The molecule has 194 valence electrons. The Kier molecular flexibility index (Phi) is 4.85. The molecule has 0 amide bonds. The summed E-state index contributed by atoms with van der Waals surface area (Å²) in [7, 11) is 0. The van der Waals surface area contributed by atoms with Crippen LogP contribution < -0.4 is 15.1 Å². The van der Waals surface area contributed by atoms with Gasteiger partial charge in [-0.15, -0.1) is 0 Å². The first-order chi connectivity index (χ1) is 18.6. The predicted molar refractivity (Wildman–Crippen MR) is 144 cm³/mol. The highest BCUT2D eigenvalue weighted by atomic mass is 19.1. The van der Waals surface area contributed by atoms with E-state index in [-0.39, 0.29) is 22.4 Å². The Balaban J connectivity index is 1.29. The van der Waals surface area contributed by atoms with Crippen LogP contribution in [0.1, 0.15) is 19.3 Å². The molecule has 1 spiro atoms. The van der Waals surface area contributed by atoms with Gasteiger partial charge in [0.2, 0.25) is 5.95 Å². The quantitative estimate of drug-likeness (QED) is 0.428. The lowest BCUT2D eigenvalue weighted by atomic mass is 9.79. The van der Waals surface area contributed by atoms with Gasteiger partial charge in [-0.2, -0.15) is 4.98 Å². The van der Waals surface area contributed by atoms with Crippen molar-refractivity contribution >= 4 is 33.4 Å². The molecule has 2 aromatic heterocycles. The van der Waals surface area contributed by atoms with Crippen LogP contribution in [0.4, 0.5) is 16.2 Å². The van der Waals surface area contributed by atoms with Crippen LogP contribution in [0.15, 0.2) is 42.6 Å². The number of ether oxygens (including phenoxy) is 1. The summed E-state index contributed by atoms with van der Waals surface area (Å²) in [4.78, 5) is 18.9. The van der Waals surface area contributed by atoms with Crippen molar-refractivity contribution in [2.75, 3.05) is 49.2 Å². The summed E-state index contributed by atoms with van der Waals surface area (Å²) in [5.74, 6) is 0.907. The Hall–Kier alpha value is -3.56. The van der Waals surface area contributed by atoms with E-state index < -0.39 is 5.82 Å². The minimum atomic E-state index is -0.485. The third-order valence-corrected chi connectivity index (χ3v) is 8.79. The maximum absolute atomic E-state index is 16.5. The number of halogens is 1. The molecule has 0 radical (unpaired) electrons. The van der Waals surface area contributed by atoms with Crippen molar-refractivity contribution in [1.82, 2.24) is 20.3 Å². The smallest absolute Gasteiger partial charge is 0.228 e. The highest BCUT2D eigenvalue weighted by molar-refractivity contribution is 6.00. The van der Waals surface area contributed by atoms with Gasteiger partial charge < -0.3 is 25.0 Å². The van der Waals surface area contributed by atoms with Gasteiger partial charge in [0.05, 0.1) is 12.0 Å². The lowest BCUT2D eigenvalue weighted by Gasteiger charge is -2.47. The van der Waals surface area contributed by atoms with Crippen LogP contribution in [0.2, 0.25) is 0 Å². The summed E-state index contributed by atoms with van der Waals surface area (Å²) in [6.45, 7) is 4.87. The van der Waals surface area contributed by atoms with Crippen molar-refractivity contribution in [2.24, 2.45) is 5.41 Å². The van der Waals surface area contributed by atoms with E-state index >= 15 is 4.39 Å². The zero-order valence-corrected chi connectivity index (χ0v) is 21.0. The summed E-state index contributed by atoms with van der Waals surface area (Å²) >= 11 is 0. The number of pyridine rings is 1. The lowest BCUT2D eigenvalue weighted by molar-refractivity contribution is 0.130. The normalized spacial score (nSPS) is 24.0. The largest absolute Gasteiger partial charge is 0.508 e. The molecule has 4 aliphatic heterocycles. The molecule has 2 atom stereocenters. The SMILES string of the molecule is Oc1cc(-c2ncc3c(N4CC5CCC(C4)N5)nc(N4CC5(CCOC5)C4)nc3c2F)c2ccccc2c1. The molecule has 4 aromatic rings. The number of hydrogen-bond donors (Lipinski definition) is 2. The molecule has 4 aliphatic rings. The molecule has 8 rings (SSSR count). The van der Waals surface area contributed by atoms with Crippen molar-refractivity contribution in [3.05, 3.63) is 48.4 Å². The monoisotopic (exact) mass is 512 g/mol. The highest BCUT2D eigenvalue weighted by Crippen LogP contribution is 2.42. The Labute approximate surface area is 219 Å². The van der Waals surface area contributed by atoms with Gasteiger partial charge in [0.1, 0.15) is 22.8 Å². The third kappa shape index (κ3) is 3.45. The number of aromatic nitrogens is 3. The average molecular weight is 513 g/mol. The third-order valence-electron chi connectivity index (χ3n) is 8.79. The minimum Gasteiger partial charge on any atom is -0.508 e. The summed E-state index contributed by atoms with van der Waals surface area (Å²) in [6, 6.07) is 11.7. The van der Waals surface area contributed by atoms with E-state index in [4.69, 9.17) is 14.7 Å². The minimum absolute atomic E-state index is 0.0741. The summed E-state index contributed by atoms with van der Waals surface area (Å²) in [6.07, 6.45) is 5.04. The van der Waals surface area contributed by atoms with E-state index in [1.165, 1.54) is 0 Å². The Morgan fingerprint density at radius 1 is 1.03 bits per heavy atom. The molecule has 0 aliphatic carbocycles. The van der Waals surface area contributed by atoms with Gasteiger partial charge in [0.25, 0.3) is 0 Å². The van der Waals surface area contributed by atoms with Crippen molar-refractivity contribution < 1.29 is 14.2 Å². The standard InChI is InChI=1S/C29H29FN6O2/c30-24-25(22-10-20(37)9-17-3-1-2-4-21(17)22)31-11-23-26(24)33-28(36-14-29(15-36)7-8-38-16-29)34-27(23)35-12-18-5-6-19(13-35)32-18/h1-4,9-11,18-19,32,37H,5-8,12-16H2. The molecule has 0 saturated carbocycles. The van der Waals surface area contributed by atoms with E-state index in [2.05, 4.69) is 20.1 Å². The molecular weight excluding hydrogens is 483 g/mol. The molecule has 6 heterocycles. The fourth-order valence-electron chi connectivity index (χ4n) is 6.86. The second-order valence-corrected chi connectivity index (χ2v) is 11.4. The number of rotatable bonds is 3. The number of phenolic OH excluding ortho intramolecular Hbond substituents is 1. The van der Waals surface area contributed by atoms with Crippen molar-refractivity contribution in [3.8, 4) is 17.0 Å². The fraction of sp³-hybridized carbons (Fsp3) is 0.414. The Morgan fingerprint density at radius 3 is 2.63 bits per heavy atom. The second-order valence-electron chi connectivity index (χ2n) is 11.4. The molecular formula is C29H29FN6O2. The predicted octanol–water partition coefficient (Wildman–Crippen LogP) is 3.86. The Morgan fingerprint density at radius 2 is 1.84 bits per heavy atom. The molecule has 38 heavy (non-hydrogen) atoms. The van der Waals surface area contributed by atoms with E-state index in [0.717, 1.165) is 75.2 Å². The van der Waals surface area contributed by atoms with Crippen LogP contribution in [0.25, 0.3) is 32.9 Å². The number of hydrogen-bond acceptors (Lipinski definition) is 8. The van der Waals surface area contributed by atoms with Gasteiger partial charge >= 0.3 is 0 Å². The van der Waals surface area contributed by atoms with Crippen LogP contribution >= 0.6 is 0 Å². The number of nitrogens with one attached hydrogen (secondary N) is 1. The topological polar surface area (TPSA) is 86.6 Å². The van der Waals surface area contributed by atoms with Crippen molar-refractivity contribution in [1.29, 1.82) is 0 Å². The maximum Gasteiger partial charge on any atom is 0.228 e. The molecule has 2 unspecified atom stereocenters. The molecule has 2 bridgehead atoms. The number of aromatic hydroxyl groups is 1. The van der Waals surface area contributed by atoms with Crippen LogP contribution in [-0.2, 0) is 4.74 Å². The second kappa shape index (κ2) is 8.22. The van der Waals surface area contributed by atoms with E-state index in [1.807, 2.05) is 24.3 Å². The van der Waals surface area contributed by atoms with E-state index in [9.17, 15) is 5.11 Å². The van der Waals surface area contributed by atoms with Crippen molar-refractivity contribution in [3.63, 3.8) is 0 Å². The maximum atomic E-state index is 16.5. The van der Waals surface area contributed by atoms with E-state index in [1.54, 1.807) is 18.3 Å². The number of phenols is 1. The van der Waals surface area contributed by atoms with Crippen LogP contribution in [0, 0.1) is 11.2 Å². The van der Waals surface area contributed by atoms with Crippen LogP contribution in [0.5, 0.6) is 5.75 Å². The average Bonchev–Trinajstić information content (AvgIpc) is 3.53. The number of anilines is 2. The number of fused-ring (bicyclic) bond motifs is 4. The van der Waals surface area contributed by atoms with Gasteiger partial charge in [-0.25, -0.2) is 9.37 Å². The molecule has 2 aromatic carbocycles. The fourth-order valence-corrected chi connectivity index (χ4v) is 6.86. The van der Waals surface area contributed by atoms with Gasteiger partial charge in [-0.3, -0.25) is 4.98 Å². The number of piperazine rings is 1. The first kappa shape index (κ1) is 22.4. The van der Waals surface area contributed by atoms with Crippen LogP contribution in [0.3, 0.4) is 0 Å². The first-order valence-corrected chi connectivity index (χ1v) is 13.5. The molecule has 2 N–H and O–H groups in total. The number of benzene rings is 2. The zero-order chi connectivity index (χ0) is 25.4. The van der Waals surface area contributed by atoms with Crippen molar-refractivity contribution in [2.45, 2.75) is 31.3 Å².